The molecule has 0 spiro atoms. The number of hydrogen-bond acceptors (Lipinski definition) is 2. The first kappa shape index (κ1) is 18.9. The van der Waals surface area contributed by atoms with Crippen molar-refractivity contribution in [2.45, 2.75) is 58.4 Å². The van der Waals surface area contributed by atoms with Crippen LogP contribution in [0.3, 0.4) is 0 Å². The second-order valence-electron chi connectivity index (χ2n) is 8.14. The molecular formula is C18H24BrFN2O2S. The number of aromatic nitrogens is 1. The zero-order valence-electron chi connectivity index (χ0n) is 14.9. The minimum Gasteiger partial charge on any atom is -0.347 e. The van der Waals surface area contributed by atoms with Crippen LogP contribution in [-0.4, -0.2) is 18.2 Å². The number of rotatable bonds is 5. The van der Waals surface area contributed by atoms with Gasteiger partial charge < -0.3 is 4.57 Å². The Labute approximate surface area is 157 Å². The summed E-state index contributed by atoms with van der Waals surface area (Å²) < 4.78 is 43.9. The van der Waals surface area contributed by atoms with Crippen LogP contribution >= 0.6 is 15.9 Å². The molecule has 0 radical (unpaired) electrons. The molecule has 1 aromatic carbocycles. The lowest BCUT2D eigenvalue weighted by atomic mass is 9.97. The van der Waals surface area contributed by atoms with Gasteiger partial charge in [0.25, 0.3) is 0 Å². The highest BCUT2D eigenvalue weighted by Crippen LogP contribution is 2.34. The van der Waals surface area contributed by atoms with Gasteiger partial charge in [0.05, 0.1) is 9.72 Å². The quantitative estimate of drug-likeness (QED) is 0.744. The largest absolute Gasteiger partial charge is 0.347 e. The molecule has 0 unspecified atom stereocenters. The first-order valence-corrected chi connectivity index (χ1v) is 10.8. The number of nitrogens with one attached hydrogen (secondary N) is 1. The molecule has 1 aliphatic carbocycles. The van der Waals surface area contributed by atoms with Crippen LogP contribution in [0, 0.1) is 11.2 Å². The van der Waals surface area contributed by atoms with Crippen molar-refractivity contribution in [2.24, 2.45) is 5.41 Å². The lowest BCUT2D eigenvalue weighted by Crippen LogP contribution is -2.29. The second kappa shape index (κ2) is 6.35. The van der Waals surface area contributed by atoms with Crippen molar-refractivity contribution >= 4 is 36.9 Å². The van der Waals surface area contributed by atoms with E-state index in [1.807, 2.05) is 13.1 Å². The topological polar surface area (TPSA) is 51.1 Å². The highest BCUT2D eigenvalue weighted by molar-refractivity contribution is 9.10. The molecule has 3 rings (SSSR count). The lowest BCUT2D eigenvalue weighted by molar-refractivity contribution is 0.349. The summed E-state index contributed by atoms with van der Waals surface area (Å²) in [5, 5.41) is 0.472. The summed E-state index contributed by atoms with van der Waals surface area (Å²) in [6, 6.07) is 2.84. The molecule has 7 heteroatoms. The zero-order chi connectivity index (χ0) is 18.6. The number of halogens is 2. The van der Waals surface area contributed by atoms with E-state index in [9.17, 15) is 12.8 Å². The number of hydrogen-bond donors (Lipinski definition) is 1. The summed E-state index contributed by atoms with van der Waals surface area (Å²) >= 11 is 3.25. The van der Waals surface area contributed by atoms with E-state index in [1.54, 1.807) is 6.07 Å². The molecule has 25 heavy (non-hydrogen) atoms. The van der Waals surface area contributed by atoms with E-state index in [2.05, 4.69) is 46.0 Å². The third-order valence-corrected chi connectivity index (χ3v) is 7.01. The summed E-state index contributed by atoms with van der Waals surface area (Å²) in [4.78, 5) is 0. The van der Waals surface area contributed by atoms with Gasteiger partial charge in [-0.1, -0.05) is 20.8 Å². The third kappa shape index (κ3) is 4.09. The summed E-state index contributed by atoms with van der Waals surface area (Å²) in [6.45, 7) is 8.97. The standard InChI is InChI=1S/C18H24BrFN2O2S/c1-11(21-25(23,24)12-5-6-12)14-9-22(10-18(2,3)4)17-8-15(19)16(20)7-13(14)17/h7-9,11-12,21H,5-6,10H2,1-4H3/t11-/m1/s1. The molecule has 1 atom stereocenters. The molecule has 4 nitrogen and oxygen atoms in total. The van der Waals surface area contributed by atoms with Gasteiger partial charge in [0.15, 0.2) is 0 Å². The Morgan fingerprint density at radius 1 is 1.36 bits per heavy atom. The van der Waals surface area contributed by atoms with Crippen LogP contribution in [0.2, 0.25) is 0 Å². The van der Waals surface area contributed by atoms with Gasteiger partial charge in [0.1, 0.15) is 5.82 Å². The third-order valence-electron chi connectivity index (χ3n) is 4.37. The first-order chi connectivity index (χ1) is 11.5. The average molecular weight is 431 g/mol. The summed E-state index contributed by atoms with van der Waals surface area (Å²) in [7, 11) is -3.31. The molecule has 0 aliphatic heterocycles. The normalized spacial score (nSPS) is 17.2. The highest BCUT2D eigenvalue weighted by Gasteiger charge is 2.37. The number of fused-ring (bicyclic) bond motifs is 1. The van der Waals surface area contributed by atoms with Gasteiger partial charge in [0, 0.05) is 29.7 Å². The van der Waals surface area contributed by atoms with E-state index in [0.717, 1.165) is 35.9 Å². The highest BCUT2D eigenvalue weighted by atomic mass is 79.9. The van der Waals surface area contributed by atoms with E-state index in [0.29, 0.717) is 4.47 Å². The van der Waals surface area contributed by atoms with Crippen molar-refractivity contribution in [1.29, 1.82) is 0 Å². The van der Waals surface area contributed by atoms with Crippen LogP contribution in [-0.2, 0) is 16.6 Å². The number of benzene rings is 1. The average Bonchev–Trinajstić information content (AvgIpc) is 3.25. The Morgan fingerprint density at radius 3 is 2.56 bits per heavy atom. The molecule has 1 saturated carbocycles. The van der Waals surface area contributed by atoms with Gasteiger partial charge in [-0.3, -0.25) is 0 Å². The van der Waals surface area contributed by atoms with Crippen molar-refractivity contribution in [3.05, 3.63) is 34.2 Å². The Bertz CT molecular complexity index is 911. The van der Waals surface area contributed by atoms with Crippen molar-refractivity contribution < 1.29 is 12.8 Å². The monoisotopic (exact) mass is 430 g/mol. The fraction of sp³-hybridized carbons (Fsp3) is 0.556. The molecule has 1 fully saturated rings. The summed E-state index contributed by atoms with van der Waals surface area (Å²) in [5.74, 6) is -0.348. The van der Waals surface area contributed by atoms with Gasteiger partial charge in [-0.2, -0.15) is 0 Å². The molecule has 1 aliphatic rings. The maximum atomic E-state index is 14.1. The molecule has 0 bridgehead atoms. The first-order valence-electron chi connectivity index (χ1n) is 8.47. The van der Waals surface area contributed by atoms with Crippen LogP contribution < -0.4 is 4.72 Å². The van der Waals surface area contributed by atoms with E-state index in [4.69, 9.17) is 0 Å². The molecule has 138 valence electrons. The molecule has 1 N–H and O–H groups in total. The predicted molar refractivity (Wildman–Crippen MR) is 103 cm³/mol. The summed E-state index contributed by atoms with van der Waals surface area (Å²) in [5.41, 5.74) is 1.74. The van der Waals surface area contributed by atoms with E-state index >= 15 is 0 Å². The van der Waals surface area contributed by atoms with Crippen LogP contribution in [0.4, 0.5) is 4.39 Å². The maximum absolute atomic E-state index is 14.1. The van der Waals surface area contributed by atoms with Crippen LogP contribution in [0.1, 0.15) is 52.1 Å². The minimum absolute atomic E-state index is 0.0425. The molecule has 0 saturated heterocycles. The SMILES string of the molecule is C[C@@H](NS(=O)(=O)C1CC1)c1cn(CC(C)(C)C)c2cc(Br)c(F)cc12. The van der Waals surface area contributed by atoms with Gasteiger partial charge in [-0.15, -0.1) is 0 Å². The van der Waals surface area contributed by atoms with E-state index < -0.39 is 16.1 Å². The van der Waals surface area contributed by atoms with E-state index in [-0.39, 0.29) is 16.5 Å². The molecular weight excluding hydrogens is 407 g/mol. The number of sulfonamides is 1. The molecule has 1 heterocycles. The van der Waals surface area contributed by atoms with Gasteiger partial charge in [0.2, 0.25) is 10.0 Å². The summed E-state index contributed by atoms with van der Waals surface area (Å²) in [6.07, 6.45) is 3.38. The predicted octanol–water partition coefficient (Wildman–Crippen LogP) is 4.73. The van der Waals surface area contributed by atoms with Crippen molar-refractivity contribution in [3.63, 3.8) is 0 Å². The fourth-order valence-corrected chi connectivity index (χ4v) is 4.98. The Kier molecular flexibility index (Phi) is 4.79. The van der Waals surface area contributed by atoms with Crippen LogP contribution in [0.5, 0.6) is 0 Å². The molecule has 0 amide bonds. The minimum atomic E-state index is -3.31. The van der Waals surface area contributed by atoms with Crippen molar-refractivity contribution in [1.82, 2.24) is 9.29 Å². The lowest BCUT2D eigenvalue weighted by Gasteiger charge is -2.20. The Morgan fingerprint density at radius 2 is 2.00 bits per heavy atom. The second-order valence-corrected chi connectivity index (χ2v) is 11.0. The van der Waals surface area contributed by atoms with Gasteiger partial charge in [-0.05, 0) is 58.8 Å². The van der Waals surface area contributed by atoms with Gasteiger partial charge in [-0.25, -0.2) is 17.5 Å². The van der Waals surface area contributed by atoms with Crippen molar-refractivity contribution in [2.75, 3.05) is 0 Å². The van der Waals surface area contributed by atoms with Crippen molar-refractivity contribution in [3.8, 4) is 0 Å². The van der Waals surface area contributed by atoms with E-state index in [1.165, 1.54) is 6.07 Å². The Balaban J connectivity index is 2.06. The fourth-order valence-electron chi connectivity index (χ4n) is 3.08. The number of nitrogens with zero attached hydrogens (tertiary/aromatic N) is 1. The van der Waals surface area contributed by atoms with Crippen LogP contribution in [0.15, 0.2) is 22.8 Å². The Hall–Kier alpha value is -0.920. The molecule has 1 aromatic heterocycles. The molecule has 2 aromatic rings. The maximum Gasteiger partial charge on any atom is 0.215 e. The zero-order valence-corrected chi connectivity index (χ0v) is 17.3. The van der Waals surface area contributed by atoms with Gasteiger partial charge >= 0.3 is 0 Å². The van der Waals surface area contributed by atoms with Crippen LogP contribution in [0.25, 0.3) is 10.9 Å². The smallest absolute Gasteiger partial charge is 0.215 e.